The number of nitrogens with zero attached hydrogens (tertiary/aromatic N) is 2. The fourth-order valence-electron chi connectivity index (χ4n) is 1.18. The van der Waals surface area contributed by atoms with Crippen LogP contribution in [0.2, 0.25) is 0 Å². The van der Waals surface area contributed by atoms with Crippen molar-refractivity contribution in [3.63, 3.8) is 0 Å². The lowest BCUT2D eigenvalue weighted by Gasteiger charge is -2.09. The molecule has 0 aliphatic carbocycles. The van der Waals surface area contributed by atoms with E-state index in [0.29, 0.717) is 0 Å². The molecule has 3 N–H and O–H groups in total. The highest BCUT2D eigenvalue weighted by molar-refractivity contribution is 5.93. The number of nitrogens with two attached hydrogens (primary N) is 1. The molecule has 18 heavy (non-hydrogen) atoms. The SMILES string of the molecule is COc1cccc(NC(N)=NCC(=O)N(C)C)c1. The van der Waals surface area contributed by atoms with Gasteiger partial charge in [0.25, 0.3) is 0 Å². The van der Waals surface area contributed by atoms with Gasteiger partial charge in [-0.1, -0.05) is 6.07 Å². The molecule has 1 aromatic rings. The van der Waals surface area contributed by atoms with Crippen LogP contribution in [0.3, 0.4) is 0 Å². The smallest absolute Gasteiger partial charge is 0.243 e. The molecule has 1 rings (SSSR count). The van der Waals surface area contributed by atoms with E-state index in [1.165, 1.54) is 4.90 Å². The van der Waals surface area contributed by atoms with E-state index in [1.54, 1.807) is 27.3 Å². The first-order chi connectivity index (χ1) is 8.52. The second kappa shape index (κ2) is 6.48. The monoisotopic (exact) mass is 250 g/mol. The molecule has 0 heterocycles. The molecule has 0 fully saturated rings. The number of amides is 1. The Balaban J connectivity index is 2.60. The zero-order chi connectivity index (χ0) is 13.5. The Labute approximate surface area is 106 Å². The van der Waals surface area contributed by atoms with Crippen LogP contribution in [0.1, 0.15) is 0 Å². The number of anilines is 1. The second-order valence-corrected chi connectivity index (χ2v) is 3.85. The number of likely N-dealkylation sites (N-methyl/N-ethyl adjacent to an activating group) is 1. The number of rotatable bonds is 4. The van der Waals surface area contributed by atoms with Crippen molar-refractivity contribution in [3.05, 3.63) is 24.3 Å². The first-order valence-electron chi connectivity index (χ1n) is 5.44. The van der Waals surface area contributed by atoms with Gasteiger partial charge in [0, 0.05) is 25.8 Å². The van der Waals surface area contributed by atoms with Crippen molar-refractivity contribution >= 4 is 17.6 Å². The van der Waals surface area contributed by atoms with E-state index in [-0.39, 0.29) is 18.4 Å². The molecule has 98 valence electrons. The van der Waals surface area contributed by atoms with Crippen LogP contribution in [0.4, 0.5) is 5.69 Å². The highest BCUT2D eigenvalue weighted by Gasteiger charge is 2.02. The van der Waals surface area contributed by atoms with Gasteiger partial charge in [0.2, 0.25) is 5.91 Å². The summed E-state index contributed by atoms with van der Waals surface area (Å²) in [5.41, 5.74) is 6.43. The maximum Gasteiger partial charge on any atom is 0.243 e. The lowest BCUT2D eigenvalue weighted by Crippen LogP contribution is -2.28. The molecular formula is C12H18N4O2. The van der Waals surface area contributed by atoms with Gasteiger partial charge in [-0.05, 0) is 12.1 Å². The Bertz CT molecular complexity index is 443. The first-order valence-corrected chi connectivity index (χ1v) is 5.44. The number of benzene rings is 1. The van der Waals surface area contributed by atoms with E-state index < -0.39 is 0 Å². The van der Waals surface area contributed by atoms with Crippen LogP contribution in [-0.4, -0.2) is 44.5 Å². The van der Waals surface area contributed by atoms with Gasteiger partial charge in [-0.2, -0.15) is 0 Å². The number of guanidine groups is 1. The van der Waals surface area contributed by atoms with E-state index in [9.17, 15) is 4.79 Å². The van der Waals surface area contributed by atoms with Gasteiger partial charge in [-0.3, -0.25) is 4.79 Å². The Morgan fingerprint density at radius 2 is 2.22 bits per heavy atom. The van der Waals surface area contributed by atoms with Gasteiger partial charge in [0.15, 0.2) is 5.96 Å². The van der Waals surface area contributed by atoms with E-state index in [1.807, 2.05) is 18.2 Å². The topological polar surface area (TPSA) is 80.0 Å². The molecule has 1 aromatic carbocycles. The summed E-state index contributed by atoms with van der Waals surface area (Å²) in [6, 6.07) is 7.28. The zero-order valence-corrected chi connectivity index (χ0v) is 10.8. The first kappa shape index (κ1) is 13.8. The minimum atomic E-state index is -0.106. The van der Waals surface area contributed by atoms with Gasteiger partial charge in [0.05, 0.1) is 7.11 Å². The summed E-state index contributed by atoms with van der Waals surface area (Å²) in [4.78, 5) is 16.7. The molecule has 0 aliphatic heterocycles. The standard InChI is InChI=1S/C12H18N4O2/c1-16(2)11(17)8-14-12(13)15-9-5-4-6-10(7-9)18-3/h4-7H,8H2,1-3H3,(H3,13,14,15). The van der Waals surface area contributed by atoms with Crippen molar-refractivity contribution in [1.82, 2.24) is 4.90 Å². The van der Waals surface area contributed by atoms with Gasteiger partial charge in [-0.15, -0.1) is 0 Å². The third-order valence-corrected chi connectivity index (χ3v) is 2.23. The average molecular weight is 250 g/mol. The average Bonchev–Trinajstić information content (AvgIpc) is 2.36. The predicted molar refractivity (Wildman–Crippen MR) is 71.8 cm³/mol. The Kier molecular flexibility index (Phi) is 4.98. The lowest BCUT2D eigenvalue weighted by atomic mass is 10.3. The molecule has 0 saturated carbocycles. The summed E-state index contributed by atoms with van der Waals surface area (Å²) in [5.74, 6) is 0.806. The minimum absolute atomic E-state index is 0.0236. The molecule has 0 radical (unpaired) electrons. The fourth-order valence-corrected chi connectivity index (χ4v) is 1.18. The zero-order valence-electron chi connectivity index (χ0n) is 10.8. The Morgan fingerprint density at radius 3 is 2.83 bits per heavy atom. The summed E-state index contributed by atoms with van der Waals surface area (Å²) < 4.78 is 5.08. The van der Waals surface area contributed by atoms with Gasteiger partial charge >= 0.3 is 0 Å². The van der Waals surface area contributed by atoms with Crippen LogP contribution in [0.5, 0.6) is 5.75 Å². The van der Waals surface area contributed by atoms with E-state index in [2.05, 4.69) is 10.3 Å². The summed E-state index contributed by atoms with van der Waals surface area (Å²) in [5, 5.41) is 2.89. The Hall–Kier alpha value is -2.24. The third kappa shape index (κ3) is 4.32. The van der Waals surface area contributed by atoms with Crippen LogP contribution >= 0.6 is 0 Å². The molecule has 6 nitrogen and oxygen atoms in total. The number of ether oxygens (including phenoxy) is 1. The molecule has 0 unspecified atom stereocenters. The highest BCUT2D eigenvalue weighted by atomic mass is 16.5. The van der Waals surface area contributed by atoms with E-state index >= 15 is 0 Å². The largest absolute Gasteiger partial charge is 0.497 e. The fraction of sp³-hybridized carbons (Fsp3) is 0.333. The van der Waals surface area contributed by atoms with Crippen LogP contribution < -0.4 is 15.8 Å². The number of hydrogen-bond acceptors (Lipinski definition) is 3. The van der Waals surface area contributed by atoms with E-state index in [0.717, 1.165) is 11.4 Å². The van der Waals surface area contributed by atoms with Crippen LogP contribution in [0.25, 0.3) is 0 Å². The minimum Gasteiger partial charge on any atom is -0.497 e. The summed E-state index contributed by atoms with van der Waals surface area (Å²) in [6.07, 6.45) is 0. The van der Waals surface area contributed by atoms with Crippen LogP contribution in [0.15, 0.2) is 29.3 Å². The normalized spacial score (nSPS) is 10.9. The molecule has 0 atom stereocenters. The van der Waals surface area contributed by atoms with Crippen molar-refractivity contribution in [1.29, 1.82) is 0 Å². The maximum absolute atomic E-state index is 11.3. The highest BCUT2D eigenvalue weighted by Crippen LogP contribution is 2.16. The molecule has 1 amide bonds. The summed E-state index contributed by atoms with van der Waals surface area (Å²) >= 11 is 0. The Morgan fingerprint density at radius 1 is 1.50 bits per heavy atom. The quantitative estimate of drug-likeness (QED) is 0.602. The predicted octanol–water partition coefficient (Wildman–Crippen LogP) is 0.510. The van der Waals surface area contributed by atoms with Crippen molar-refractivity contribution in [3.8, 4) is 5.75 Å². The van der Waals surface area contributed by atoms with Crippen molar-refractivity contribution in [2.75, 3.05) is 33.1 Å². The van der Waals surface area contributed by atoms with Crippen molar-refractivity contribution < 1.29 is 9.53 Å². The number of aliphatic imine (C=N–C) groups is 1. The van der Waals surface area contributed by atoms with Gasteiger partial charge in [0.1, 0.15) is 12.3 Å². The third-order valence-electron chi connectivity index (χ3n) is 2.23. The number of carbonyl (C=O) groups is 1. The van der Waals surface area contributed by atoms with Crippen molar-refractivity contribution in [2.24, 2.45) is 10.7 Å². The van der Waals surface area contributed by atoms with Crippen LogP contribution in [-0.2, 0) is 4.79 Å². The molecule has 0 aliphatic rings. The number of hydrogen-bond donors (Lipinski definition) is 2. The maximum atomic E-state index is 11.3. The van der Waals surface area contributed by atoms with E-state index in [4.69, 9.17) is 10.5 Å². The van der Waals surface area contributed by atoms with Gasteiger partial charge < -0.3 is 20.7 Å². The van der Waals surface area contributed by atoms with Gasteiger partial charge in [-0.25, -0.2) is 4.99 Å². The molecule has 0 bridgehead atoms. The second-order valence-electron chi connectivity index (χ2n) is 3.85. The number of carbonyl (C=O) groups excluding carboxylic acids is 1. The molecule has 0 spiro atoms. The van der Waals surface area contributed by atoms with Crippen LogP contribution in [0, 0.1) is 0 Å². The number of methoxy groups -OCH3 is 1. The summed E-state index contributed by atoms with van der Waals surface area (Å²) in [7, 11) is 4.93. The van der Waals surface area contributed by atoms with Crippen molar-refractivity contribution in [2.45, 2.75) is 0 Å². The molecule has 0 saturated heterocycles. The molecule has 6 heteroatoms. The summed E-state index contributed by atoms with van der Waals surface area (Å²) in [6.45, 7) is 0.0236. The number of nitrogens with one attached hydrogen (secondary N) is 1. The lowest BCUT2D eigenvalue weighted by molar-refractivity contribution is -0.127. The molecular weight excluding hydrogens is 232 g/mol. The molecule has 0 aromatic heterocycles.